The number of nitrogens with one attached hydrogen (secondary N) is 1. The second-order valence-electron chi connectivity index (χ2n) is 4.04. The van der Waals surface area contributed by atoms with E-state index in [1.54, 1.807) is 0 Å². The molecule has 0 spiro atoms. The van der Waals surface area contributed by atoms with Crippen molar-refractivity contribution in [1.29, 1.82) is 0 Å². The highest BCUT2D eigenvalue weighted by molar-refractivity contribution is 6.48. The summed E-state index contributed by atoms with van der Waals surface area (Å²) in [7, 11) is 0. The highest BCUT2D eigenvalue weighted by Crippen LogP contribution is 2.31. The smallest absolute Gasteiger partial charge is 0.271 e. The maximum atomic E-state index is 11.9. The van der Waals surface area contributed by atoms with Crippen LogP contribution in [-0.2, 0) is 0 Å². The van der Waals surface area contributed by atoms with Crippen molar-refractivity contribution in [3.8, 4) is 0 Å². The Hall–Kier alpha value is -0.510. The van der Waals surface area contributed by atoms with Crippen LogP contribution in [0.5, 0.6) is 0 Å². The SMILES string of the molecule is O=C(NC1CCCC1)c1ncc(Cl)c(Cl)c1Cl. The molecule has 6 heteroatoms. The fourth-order valence-electron chi connectivity index (χ4n) is 1.93. The van der Waals surface area contributed by atoms with E-state index < -0.39 is 0 Å². The van der Waals surface area contributed by atoms with Gasteiger partial charge in [0.15, 0.2) is 0 Å². The summed E-state index contributed by atoms with van der Waals surface area (Å²) in [6.45, 7) is 0. The van der Waals surface area contributed by atoms with Gasteiger partial charge in [-0.15, -0.1) is 0 Å². The number of carbonyl (C=O) groups excluding carboxylic acids is 1. The lowest BCUT2D eigenvalue weighted by Crippen LogP contribution is -2.33. The summed E-state index contributed by atoms with van der Waals surface area (Å²) in [5.41, 5.74) is 0.132. The lowest BCUT2D eigenvalue weighted by molar-refractivity contribution is 0.0933. The third kappa shape index (κ3) is 2.84. The minimum Gasteiger partial charge on any atom is -0.348 e. The first-order valence-corrected chi connectivity index (χ1v) is 6.53. The Morgan fingerprint density at radius 3 is 2.53 bits per heavy atom. The predicted molar refractivity (Wildman–Crippen MR) is 69.0 cm³/mol. The van der Waals surface area contributed by atoms with Gasteiger partial charge in [0.05, 0.1) is 15.1 Å². The number of carbonyl (C=O) groups is 1. The van der Waals surface area contributed by atoms with Crippen molar-refractivity contribution in [2.24, 2.45) is 0 Å². The molecule has 17 heavy (non-hydrogen) atoms. The van der Waals surface area contributed by atoms with E-state index in [-0.39, 0.29) is 32.7 Å². The first-order chi connectivity index (χ1) is 8.09. The minimum atomic E-state index is -0.291. The lowest BCUT2D eigenvalue weighted by Gasteiger charge is -2.12. The molecule has 0 aliphatic heterocycles. The molecule has 1 amide bonds. The van der Waals surface area contributed by atoms with Gasteiger partial charge < -0.3 is 5.32 Å². The molecule has 1 aliphatic rings. The van der Waals surface area contributed by atoms with Crippen LogP contribution in [0.2, 0.25) is 15.1 Å². The predicted octanol–water partition coefficient (Wildman–Crippen LogP) is 3.71. The van der Waals surface area contributed by atoms with Gasteiger partial charge in [0, 0.05) is 12.2 Å². The monoisotopic (exact) mass is 292 g/mol. The Kier molecular flexibility index (Phi) is 4.13. The summed E-state index contributed by atoms with van der Waals surface area (Å²) >= 11 is 17.5. The Balaban J connectivity index is 2.16. The molecule has 1 heterocycles. The number of aromatic nitrogens is 1. The fourth-order valence-corrected chi connectivity index (χ4v) is 2.49. The molecule has 1 aromatic heterocycles. The van der Waals surface area contributed by atoms with Crippen molar-refractivity contribution in [3.63, 3.8) is 0 Å². The number of hydrogen-bond donors (Lipinski definition) is 1. The van der Waals surface area contributed by atoms with E-state index in [1.807, 2.05) is 0 Å². The van der Waals surface area contributed by atoms with Crippen LogP contribution in [0.15, 0.2) is 6.20 Å². The van der Waals surface area contributed by atoms with Crippen molar-refractivity contribution in [3.05, 3.63) is 27.0 Å². The number of hydrogen-bond acceptors (Lipinski definition) is 2. The zero-order chi connectivity index (χ0) is 12.4. The Bertz CT molecular complexity index is 445. The van der Waals surface area contributed by atoms with Gasteiger partial charge in [-0.05, 0) is 12.8 Å². The fraction of sp³-hybridized carbons (Fsp3) is 0.455. The second-order valence-corrected chi connectivity index (χ2v) is 5.20. The second kappa shape index (κ2) is 5.42. The minimum absolute atomic E-state index is 0.106. The molecule has 0 atom stereocenters. The molecular weight excluding hydrogens is 282 g/mol. The highest BCUT2D eigenvalue weighted by atomic mass is 35.5. The van der Waals surface area contributed by atoms with Crippen molar-refractivity contribution < 1.29 is 4.79 Å². The Morgan fingerprint density at radius 2 is 1.88 bits per heavy atom. The third-order valence-corrected chi connectivity index (χ3v) is 4.06. The third-order valence-electron chi connectivity index (χ3n) is 2.82. The number of amides is 1. The van der Waals surface area contributed by atoms with E-state index in [1.165, 1.54) is 6.20 Å². The molecule has 1 N–H and O–H groups in total. The van der Waals surface area contributed by atoms with Crippen LogP contribution in [-0.4, -0.2) is 16.9 Å². The first kappa shape index (κ1) is 12.9. The van der Waals surface area contributed by atoms with Crippen LogP contribution in [0, 0.1) is 0 Å². The molecule has 0 bridgehead atoms. The van der Waals surface area contributed by atoms with Crippen molar-refractivity contribution in [2.45, 2.75) is 31.7 Å². The van der Waals surface area contributed by atoms with Crippen LogP contribution in [0.3, 0.4) is 0 Å². The maximum Gasteiger partial charge on any atom is 0.271 e. The summed E-state index contributed by atoms with van der Waals surface area (Å²) in [6, 6.07) is 0.217. The normalized spacial score (nSPS) is 16.2. The van der Waals surface area contributed by atoms with Crippen molar-refractivity contribution in [2.75, 3.05) is 0 Å². The average molecular weight is 294 g/mol. The van der Waals surface area contributed by atoms with Crippen molar-refractivity contribution in [1.82, 2.24) is 10.3 Å². The summed E-state index contributed by atoms with van der Waals surface area (Å²) in [5.74, 6) is -0.291. The maximum absolute atomic E-state index is 11.9. The standard InChI is InChI=1S/C11H11Cl3N2O/c12-7-5-15-10(9(14)8(7)13)11(17)16-6-3-1-2-4-6/h5-6H,1-4H2,(H,16,17). The quantitative estimate of drug-likeness (QED) is 0.903. The molecule has 1 fully saturated rings. The molecule has 0 saturated heterocycles. The van der Waals surface area contributed by atoms with E-state index in [4.69, 9.17) is 34.8 Å². The highest BCUT2D eigenvalue weighted by Gasteiger charge is 2.21. The zero-order valence-electron chi connectivity index (χ0n) is 8.97. The summed E-state index contributed by atoms with van der Waals surface area (Å²) < 4.78 is 0. The average Bonchev–Trinajstić information content (AvgIpc) is 2.78. The van der Waals surface area contributed by atoms with Gasteiger partial charge in [0.2, 0.25) is 0 Å². The van der Waals surface area contributed by atoms with Crippen LogP contribution < -0.4 is 5.32 Å². The molecule has 3 nitrogen and oxygen atoms in total. The molecular formula is C11H11Cl3N2O. The van der Waals surface area contributed by atoms with Gasteiger partial charge in [-0.3, -0.25) is 4.79 Å². The number of halogens is 3. The van der Waals surface area contributed by atoms with Crippen LogP contribution in [0.1, 0.15) is 36.2 Å². The number of pyridine rings is 1. The summed E-state index contributed by atoms with van der Waals surface area (Å²) in [6.07, 6.45) is 5.63. The Morgan fingerprint density at radius 1 is 1.24 bits per heavy atom. The molecule has 2 rings (SSSR count). The number of nitrogens with zero attached hydrogens (tertiary/aromatic N) is 1. The van der Waals surface area contributed by atoms with Gasteiger partial charge in [-0.1, -0.05) is 47.6 Å². The van der Waals surface area contributed by atoms with E-state index in [9.17, 15) is 4.79 Å². The molecule has 0 radical (unpaired) electrons. The van der Waals surface area contributed by atoms with Crippen LogP contribution in [0.4, 0.5) is 0 Å². The van der Waals surface area contributed by atoms with Gasteiger partial charge in [-0.2, -0.15) is 0 Å². The number of rotatable bonds is 2. The molecule has 0 unspecified atom stereocenters. The lowest BCUT2D eigenvalue weighted by atomic mass is 10.2. The zero-order valence-corrected chi connectivity index (χ0v) is 11.2. The van der Waals surface area contributed by atoms with Crippen LogP contribution >= 0.6 is 34.8 Å². The summed E-state index contributed by atoms with van der Waals surface area (Å²) in [4.78, 5) is 15.8. The van der Waals surface area contributed by atoms with Crippen LogP contribution in [0.25, 0.3) is 0 Å². The molecule has 1 aliphatic carbocycles. The first-order valence-electron chi connectivity index (χ1n) is 5.40. The van der Waals surface area contributed by atoms with E-state index in [0.29, 0.717) is 0 Å². The summed E-state index contributed by atoms with van der Waals surface area (Å²) in [5, 5.41) is 3.41. The largest absolute Gasteiger partial charge is 0.348 e. The van der Waals surface area contributed by atoms with E-state index in [2.05, 4.69) is 10.3 Å². The molecule has 92 valence electrons. The van der Waals surface area contributed by atoms with Gasteiger partial charge in [0.1, 0.15) is 5.69 Å². The van der Waals surface area contributed by atoms with Gasteiger partial charge in [-0.25, -0.2) is 4.98 Å². The molecule has 1 saturated carbocycles. The molecule has 1 aromatic rings. The van der Waals surface area contributed by atoms with Gasteiger partial charge >= 0.3 is 0 Å². The van der Waals surface area contributed by atoms with Gasteiger partial charge in [0.25, 0.3) is 5.91 Å². The van der Waals surface area contributed by atoms with E-state index in [0.717, 1.165) is 25.7 Å². The van der Waals surface area contributed by atoms with E-state index >= 15 is 0 Å². The Labute approximate surface area is 114 Å². The molecule has 0 aromatic carbocycles. The topological polar surface area (TPSA) is 42.0 Å². The van der Waals surface area contributed by atoms with Crippen molar-refractivity contribution >= 4 is 40.7 Å².